The highest BCUT2D eigenvalue weighted by molar-refractivity contribution is 5.79. The average Bonchev–Trinajstić information content (AvgIpc) is 2.46. The molecule has 0 spiro atoms. The van der Waals surface area contributed by atoms with Crippen LogP contribution in [-0.2, 0) is 11.0 Å². The van der Waals surface area contributed by atoms with Crippen LogP contribution >= 0.6 is 0 Å². The van der Waals surface area contributed by atoms with Gasteiger partial charge in [-0.3, -0.25) is 4.79 Å². The number of carbonyl (C=O) groups is 1. The van der Waals surface area contributed by atoms with Crippen molar-refractivity contribution in [3.8, 4) is 0 Å². The molecule has 8 heteroatoms. The molecule has 0 aromatic carbocycles. The number of nitrogens with zero attached hydrogens (tertiary/aromatic N) is 2. The van der Waals surface area contributed by atoms with Crippen molar-refractivity contribution in [2.45, 2.75) is 37.9 Å². The van der Waals surface area contributed by atoms with Gasteiger partial charge in [-0.1, -0.05) is 12.8 Å². The van der Waals surface area contributed by atoms with Crippen LogP contribution in [0.5, 0.6) is 0 Å². The zero-order valence-electron chi connectivity index (χ0n) is 11.6. The van der Waals surface area contributed by atoms with E-state index < -0.39 is 11.9 Å². The molecule has 21 heavy (non-hydrogen) atoms. The van der Waals surface area contributed by atoms with E-state index in [0.717, 1.165) is 31.7 Å². The van der Waals surface area contributed by atoms with Crippen molar-refractivity contribution >= 4 is 11.7 Å². The van der Waals surface area contributed by atoms with Crippen molar-refractivity contribution < 1.29 is 18.0 Å². The number of alkyl halides is 3. The minimum atomic E-state index is -4.50. The Hall–Kier alpha value is -1.86. The molecule has 2 N–H and O–H groups in total. The van der Waals surface area contributed by atoms with E-state index in [4.69, 9.17) is 0 Å². The molecule has 0 saturated heterocycles. The van der Waals surface area contributed by atoms with Crippen LogP contribution in [0.15, 0.2) is 12.1 Å². The molecule has 1 aliphatic carbocycles. The first-order chi connectivity index (χ1) is 9.91. The summed E-state index contributed by atoms with van der Waals surface area (Å²) in [6, 6.07) is 1.99. The molecule has 1 aromatic heterocycles. The lowest BCUT2D eigenvalue weighted by Crippen LogP contribution is -2.42. The summed E-state index contributed by atoms with van der Waals surface area (Å²) in [5.41, 5.74) is -1.03. The van der Waals surface area contributed by atoms with Crippen LogP contribution in [0.2, 0.25) is 0 Å². The molecule has 1 amide bonds. The third-order valence-electron chi connectivity index (χ3n) is 3.64. The molecule has 1 aliphatic rings. The standard InChI is InChI=1S/C13H17F3N4O/c1-17-12(21)8-4-2-3-5-9(8)18-11-7-6-10(19-20-11)13(14,15)16/h6-9H,2-5H2,1H3,(H,17,21)(H,18,20)/t8-,9+/m0/s1. The number of halogens is 3. The van der Waals surface area contributed by atoms with E-state index in [-0.39, 0.29) is 23.7 Å². The average molecular weight is 302 g/mol. The van der Waals surface area contributed by atoms with Gasteiger partial charge in [-0.25, -0.2) is 0 Å². The van der Waals surface area contributed by atoms with Gasteiger partial charge in [0.2, 0.25) is 5.91 Å². The lowest BCUT2D eigenvalue weighted by Gasteiger charge is -2.31. The van der Waals surface area contributed by atoms with Crippen LogP contribution < -0.4 is 10.6 Å². The van der Waals surface area contributed by atoms with Gasteiger partial charge in [0, 0.05) is 13.1 Å². The largest absolute Gasteiger partial charge is 0.435 e. The molecule has 2 atom stereocenters. The van der Waals surface area contributed by atoms with Gasteiger partial charge < -0.3 is 10.6 Å². The molecular weight excluding hydrogens is 285 g/mol. The molecule has 0 unspecified atom stereocenters. The Morgan fingerprint density at radius 1 is 1.24 bits per heavy atom. The highest BCUT2D eigenvalue weighted by Gasteiger charge is 2.34. The third kappa shape index (κ3) is 3.83. The van der Waals surface area contributed by atoms with Crippen LogP contribution in [0.25, 0.3) is 0 Å². The van der Waals surface area contributed by atoms with E-state index in [1.54, 1.807) is 7.05 Å². The number of rotatable bonds is 3. The van der Waals surface area contributed by atoms with E-state index in [2.05, 4.69) is 20.8 Å². The Morgan fingerprint density at radius 2 is 1.95 bits per heavy atom. The van der Waals surface area contributed by atoms with E-state index in [1.807, 2.05) is 0 Å². The Morgan fingerprint density at radius 3 is 2.52 bits per heavy atom. The molecule has 2 rings (SSSR count). The van der Waals surface area contributed by atoms with Crippen LogP contribution in [0.4, 0.5) is 19.0 Å². The zero-order chi connectivity index (χ0) is 15.5. The number of nitrogens with one attached hydrogen (secondary N) is 2. The van der Waals surface area contributed by atoms with Gasteiger partial charge in [0.15, 0.2) is 5.69 Å². The van der Waals surface area contributed by atoms with E-state index in [1.165, 1.54) is 6.07 Å². The Kier molecular flexibility index (Phi) is 4.64. The second-order valence-electron chi connectivity index (χ2n) is 5.06. The number of amides is 1. The highest BCUT2D eigenvalue weighted by Crippen LogP contribution is 2.29. The van der Waals surface area contributed by atoms with Gasteiger partial charge in [-0.05, 0) is 25.0 Å². The summed E-state index contributed by atoms with van der Waals surface area (Å²) in [5, 5.41) is 12.4. The number of hydrogen-bond donors (Lipinski definition) is 2. The predicted octanol–water partition coefficient (Wildman–Crippen LogP) is 2.21. The molecule has 5 nitrogen and oxygen atoms in total. The van der Waals surface area contributed by atoms with Crippen LogP contribution in [0.1, 0.15) is 31.4 Å². The quantitative estimate of drug-likeness (QED) is 0.898. The van der Waals surface area contributed by atoms with Crippen molar-refractivity contribution in [2.24, 2.45) is 5.92 Å². The maximum absolute atomic E-state index is 12.4. The Labute approximate surface area is 120 Å². The summed E-state index contributed by atoms with van der Waals surface area (Å²) >= 11 is 0. The molecule has 0 aliphatic heterocycles. The van der Waals surface area contributed by atoms with Gasteiger partial charge in [0.05, 0.1) is 5.92 Å². The molecule has 0 radical (unpaired) electrons. The van der Waals surface area contributed by atoms with Crippen molar-refractivity contribution in [3.63, 3.8) is 0 Å². The van der Waals surface area contributed by atoms with Gasteiger partial charge >= 0.3 is 6.18 Å². The second kappa shape index (κ2) is 6.28. The Bertz CT molecular complexity index is 489. The number of carbonyl (C=O) groups excluding carboxylic acids is 1. The minimum Gasteiger partial charge on any atom is -0.365 e. The van der Waals surface area contributed by atoms with Gasteiger partial charge in [0.1, 0.15) is 5.82 Å². The van der Waals surface area contributed by atoms with Crippen LogP contribution in [-0.4, -0.2) is 29.2 Å². The topological polar surface area (TPSA) is 66.9 Å². The van der Waals surface area contributed by atoms with E-state index in [9.17, 15) is 18.0 Å². The summed E-state index contributed by atoms with van der Waals surface area (Å²) in [6.45, 7) is 0. The summed E-state index contributed by atoms with van der Waals surface area (Å²) in [4.78, 5) is 11.8. The molecule has 0 bridgehead atoms. The number of hydrogen-bond acceptors (Lipinski definition) is 4. The summed E-state index contributed by atoms with van der Waals surface area (Å²) in [6.07, 6.45) is -1.03. The van der Waals surface area contributed by atoms with Gasteiger partial charge in [-0.2, -0.15) is 13.2 Å². The summed E-state index contributed by atoms with van der Waals surface area (Å²) < 4.78 is 37.2. The normalized spacial score (nSPS) is 22.7. The molecule has 1 saturated carbocycles. The molecular formula is C13H17F3N4O. The highest BCUT2D eigenvalue weighted by atomic mass is 19.4. The first-order valence-corrected chi connectivity index (χ1v) is 6.81. The number of anilines is 1. The second-order valence-corrected chi connectivity index (χ2v) is 5.06. The molecule has 1 fully saturated rings. The number of aromatic nitrogens is 2. The van der Waals surface area contributed by atoms with Crippen molar-refractivity contribution in [1.82, 2.24) is 15.5 Å². The SMILES string of the molecule is CNC(=O)[C@H]1CCCC[C@H]1Nc1ccc(C(F)(F)F)nn1. The van der Waals surface area contributed by atoms with Crippen molar-refractivity contribution in [2.75, 3.05) is 12.4 Å². The first-order valence-electron chi connectivity index (χ1n) is 6.81. The maximum Gasteiger partial charge on any atom is 0.435 e. The predicted molar refractivity (Wildman–Crippen MR) is 70.5 cm³/mol. The first kappa shape index (κ1) is 15.5. The maximum atomic E-state index is 12.4. The smallest absolute Gasteiger partial charge is 0.365 e. The summed E-state index contributed by atoms with van der Waals surface area (Å²) in [7, 11) is 1.58. The van der Waals surface area contributed by atoms with Crippen molar-refractivity contribution in [1.29, 1.82) is 0 Å². The molecule has 1 heterocycles. The minimum absolute atomic E-state index is 0.0629. The van der Waals surface area contributed by atoms with Crippen LogP contribution in [0, 0.1) is 5.92 Å². The zero-order valence-corrected chi connectivity index (χ0v) is 11.6. The van der Waals surface area contributed by atoms with E-state index >= 15 is 0 Å². The van der Waals surface area contributed by atoms with Crippen LogP contribution in [0.3, 0.4) is 0 Å². The van der Waals surface area contributed by atoms with E-state index in [0.29, 0.717) is 0 Å². The van der Waals surface area contributed by atoms with Gasteiger partial charge in [0.25, 0.3) is 0 Å². The molecule has 116 valence electrons. The lowest BCUT2D eigenvalue weighted by molar-refractivity contribution is -0.141. The van der Waals surface area contributed by atoms with Crippen molar-refractivity contribution in [3.05, 3.63) is 17.8 Å². The lowest BCUT2D eigenvalue weighted by atomic mass is 9.84. The fourth-order valence-corrected chi connectivity index (χ4v) is 2.55. The summed E-state index contributed by atoms with van der Waals surface area (Å²) in [5.74, 6) is -0.0104. The fourth-order valence-electron chi connectivity index (χ4n) is 2.55. The Balaban J connectivity index is 2.07. The molecule has 1 aromatic rings. The van der Waals surface area contributed by atoms with Gasteiger partial charge in [-0.15, -0.1) is 10.2 Å². The third-order valence-corrected chi connectivity index (χ3v) is 3.64. The fraction of sp³-hybridized carbons (Fsp3) is 0.615. The monoisotopic (exact) mass is 302 g/mol.